The van der Waals surface area contributed by atoms with Crippen LogP contribution in [-0.4, -0.2) is 37.6 Å². The first-order chi connectivity index (χ1) is 11.0. The van der Waals surface area contributed by atoms with E-state index in [-0.39, 0.29) is 16.7 Å². The van der Waals surface area contributed by atoms with Crippen molar-refractivity contribution in [2.24, 2.45) is 0 Å². The summed E-state index contributed by atoms with van der Waals surface area (Å²) in [5.41, 5.74) is 1.68. The lowest BCUT2D eigenvalue weighted by Crippen LogP contribution is -2.27. The summed E-state index contributed by atoms with van der Waals surface area (Å²) in [5.74, 6) is 0.792. The molecule has 2 aromatic rings. The normalized spacial score (nSPS) is 12.0. The van der Waals surface area contributed by atoms with E-state index in [0.717, 1.165) is 11.3 Å². The maximum atomic E-state index is 11.1. The SMILES string of the molecule is COc1cccc([C@@H](CNc2ccccc2[N+](=O)[O-])N(C)C)c1. The Kier molecular flexibility index (Phi) is 5.54. The van der Waals surface area contributed by atoms with E-state index in [4.69, 9.17) is 4.74 Å². The average Bonchev–Trinajstić information content (AvgIpc) is 2.55. The average molecular weight is 315 g/mol. The molecule has 1 N–H and O–H groups in total. The standard InChI is InChI=1S/C17H21N3O3/c1-19(2)17(13-7-6-8-14(11-13)23-3)12-18-15-9-4-5-10-16(15)20(21)22/h4-11,17-18H,12H2,1-3H3/t17-/m1/s1. The van der Waals surface area contributed by atoms with Gasteiger partial charge in [-0.05, 0) is 37.9 Å². The Labute approximate surface area is 135 Å². The summed E-state index contributed by atoms with van der Waals surface area (Å²) >= 11 is 0. The molecule has 122 valence electrons. The maximum absolute atomic E-state index is 11.1. The van der Waals surface area contributed by atoms with Crippen LogP contribution < -0.4 is 10.1 Å². The van der Waals surface area contributed by atoms with Crippen LogP contribution in [0.4, 0.5) is 11.4 Å². The first kappa shape index (κ1) is 16.8. The fourth-order valence-electron chi connectivity index (χ4n) is 2.44. The van der Waals surface area contributed by atoms with Crippen molar-refractivity contribution in [3.8, 4) is 5.75 Å². The van der Waals surface area contributed by atoms with Gasteiger partial charge in [-0.25, -0.2) is 0 Å². The maximum Gasteiger partial charge on any atom is 0.292 e. The summed E-state index contributed by atoms with van der Waals surface area (Å²) in [6.45, 7) is 0.547. The van der Waals surface area contributed by atoms with Crippen molar-refractivity contribution < 1.29 is 9.66 Å². The van der Waals surface area contributed by atoms with E-state index in [2.05, 4.69) is 10.2 Å². The quantitative estimate of drug-likeness (QED) is 0.627. The van der Waals surface area contributed by atoms with E-state index in [0.29, 0.717) is 12.2 Å². The van der Waals surface area contributed by atoms with Crippen molar-refractivity contribution in [3.05, 3.63) is 64.2 Å². The van der Waals surface area contributed by atoms with E-state index >= 15 is 0 Å². The number of anilines is 1. The fourth-order valence-corrected chi connectivity index (χ4v) is 2.44. The molecule has 1 atom stereocenters. The monoisotopic (exact) mass is 315 g/mol. The van der Waals surface area contributed by atoms with E-state index in [1.807, 2.05) is 38.4 Å². The zero-order valence-electron chi connectivity index (χ0n) is 13.5. The summed E-state index contributed by atoms with van der Waals surface area (Å²) in [5, 5.41) is 14.3. The Morgan fingerprint density at radius 2 is 1.96 bits per heavy atom. The van der Waals surface area contributed by atoms with Crippen LogP contribution in [0.5, 0.6) is 5.75 Å². The van der Waals surface area contributed by atoms with Gasteiger partial charge in [-0.15, -0.1) is 0 Å². The summed E-state index contributed by atoms with van der Waals surface area (Å²) < 4.78 is 5.27. The largest absolute Gasteiger partial charge is 0.497 e. The van der Waals surface area contributed by atoms with Crippen molar-refractivity contribution in [3.63, 3.8) is 0 Å². The van der Waals surface area contributed by atoms with Gasteiger partial charge in [-0.2, -0.15) is 0 Å². The van der Waals surface area contributed by atoms with Gasteiger partial charge in [0.1, 0.15) is 11.4 Å². The molecule has 0 amide bonds. The third kappa shape index (κ3) is 4.20. The molecule has 0 radical (unpaired) electrons. The number of para-hydroxylation sites is 2. The van der Waals surface area contributed by atoms with Crippen molar-refractivity contribution in [1.29, 1.82) is 0 Å². The number of likely N-dealkylation sites (N-methyl/N-ethyl adjacent to an activating group) is 1. The first-order valence-electron chi connectivity index (χ1n) is 7.30. The molecule has 2 aromatic carbocycles. The summed E-state index contributed by atoms with van der Waals surface area (Å²) in [7, 11) is 5.59. The highest BCUT2D eigenvalue weighted by Gasteiger charge is 2.17. The molecular weight excluding hydrogens is 294 g/mol. The highest BCUT2D eigenvalue weighted by Crippen LogP contribution is 2.26. The fraction of sp³-hybridized carbons (Fsp3) is 0.294. The Morgan fingerprint density at radius 1 is 1.22 bits per heavy atom. The molecule has 0 heterocycles. The van der Waals surface area contributed by atoms with Crippen molar-refractivity contribution >= 4 is 11.4 Å². The number of rotatable bonds is 7. The Morgan fingerprint density at radius 3 is 2.61 bits per heavy atom. The molecule has 0 saturated heterocycles. The molecule has 0 saturated carbocycles. The van der Waals surface area contributed by atoms with Crippen LogP contribution in [0.25, 0.3) is 0 Å². The molecule has 0 spiro atoms. The number of hydrogen-bond donors (Lipinski definition) is 1. The molecule has 0 aliphatic rings. The minimum absolute atomic E-state index is 0.0601. The third-order valence-corrected chi connectivity index (χ3v) is 3.69. The molecule has 0 aliphatic carbocycles. The van der Waals surface area contributed by atoms with Crippen LogP contribution in [0.2, 0.25) is 0 Å². The molecule has 0 aromatic heterocycles. The van der Waals surface area contributed by atoms with Crippen LogP contribution in [0, 0.1) is 10.1 Å². The Balaban J connectivity index is 2.19. The smallest absolute Gasteiger partial charge is 0.292 e. The van der Waals surface area contributed by atoms with Gasteiger partial charge in [0, 0.05) is 12.6 Å². The molecule has 0 fully saturated rings. The van der Waals surface area contributed by atoms with Gasteiger partial charge < -0.3 is 15.0 Å². The summed E-state index contributed by atoms with van der Waals surface area (Å²) in [6.07, 6.45) is 0. The number of benzene rings is 2. The number of nitro groups is 1. The second kappa shape index (κ2) is 7.60. The van der Waals surface area contributed by atoms with Crippen LogP contribution >= 0.6 is 0 Å². The van der Waals surface area contributed by atoms with E-state index in [9.17, 15) is 10.1 Å². The topological polar surface area (TPSA) is 67.6 Å². The van der Waals surface area contributed by atoms with Crippen LogP contribution in [0.15, 0.2) is 48.5 Å². The summed E-state index contributed by atoms with van der Waals surface area (Å²) in [4.78, 5) is 12.8. The number of methoxy groups -OCH3 is 1. The van der Waals surface area contributed by atoms with Gasteiger partial charge in [0.05, 0.1) is 18.1 Å². The molecule has 0 unspecified atom stereocenters. The number of ether oxygens (including phenoxy) is 1. The lowest BCUT2D eigenvalue weighted by Gasteiger charge is -2.25. The minimum atomic E-state index is -0.376. The third-order valence-electron chi connectivity index (χ3n) is 3.69. The van der Waals surface area contributed by atoms with Gasteiger partial charge in [0.25, 0.3) is 5.69 Å². The second-order valence-electron chi connectivity index (χ2n) is 5.41. The van der Waals surface area contributed by atoms with Gasteiger partial charge in [0.15, 0.2) is 0 Å². The molecule has 2 rings (SSSR count). The summed E-state index contributed by atoms with van der Waals surface area (Å²) in [6, 6.07) is 14.6. The van der Waals surface area contributed by atoms with Crippen molar-refractivity contribution in [1.82, 2.24) is 4.90 Å². The zero-order chi connectivity index (χ0) is 16.8. The lowest BCUT2D eigenvalue weighted by atomic mass is 10.1. The molecule has 6 nitrogen and oxygen atoms in total. The number of nitro benzene ring substituents is 1. The van der Waals surface area contributed by atoms with E-state index < -0.39 is 0 Å². The molecule has 0 aliphatic heterocycles. The van der Waals surface area contributed by atoms with E-state index in [1.54, 1.807) is 25.3 Å². The van der Waals surface area contributed by atoms with Gasteiger partial charge in [-0.1, -0.05) is 24.3 Å². The first-order valence-corrected chi connectivity index (χ1v) is 7.30. The van der Waals surface area contributed by atoms with Crippen LogP contribution in [-0.2, 0) is 0 Å². The number of hydrogen-bond acceptors (Lipinski definition) is 5. The zero-order valence-corrected chi connectivity index (χ0v) is 13.5. The van der Waals surface area contributed by atoms with Gasteiger partial charge >= 0.3 is 0 Å². The van der Waals surface area contributed by atoms with Crippen LogP contribution in [0.1, 0.15) is 11.6 Å². The van der Waals surface area contributed by atoms with Gasteiger partial charge in [-0.3, -0.25) is 10.1 Å². The molecule has 23 heavy (non-hydrogen) atoms. The van der Waals surface area contributed by atoms with E-state index in [1.165, 1.54) is 6.07 Å². The highest BCUT2D eigenvalue weighted by molar-refractivity contribution is 5.61. The Bertz CT molecular complexity index is 674. The molecule has 6 heteroatoms. The number of nitrogens with zero attached hydrogens (tertiary/aromatic N) is 2. The predicted molar refractivity (Wildman–Crippen MR) is 91.0 cm³/mol. The predicted octanol–water partition coefficient (Wildman–Crippen LogP) is 3.32. The Hall–Kier alpha value is -2.60. The highest BCUT2D eigenvalue weighted by atomic mass is 16.6. The second-order valence-corrected chi connectivity index (χ2v) is 5.41. The van der Waals surface area contributed by atoms with Crippen LogP contribution in [0.3, 0.4) is 0 Å². The van der Waals surface area contributed by atoms with Crippen molar-refractivity contribution in [2.45, 2.75) is 6.04 Å². The van der Waals surface area contributed by atoms with Gasteiger partial charge in [0.2, 0.25) is 0 Å². The molecule has 0 bridgehead atoms. The van der Waals surface area contributed by atoms with Crippen molar-refractivity contribution in [2.75, 3.05) is 33.1 Å². The minimum Gasteiger partial charge on any atom is -0.497 e. The molecular formula is C17H21N3O3. The lowest BCUT2D eigenvalue weighted by molar-refractivity contribution is -0.384. The number of nitrogens with one attached hydrogen (secondary N) is 1.